The van der Waals surface area contributed by atoms with Crippen molar-refractivity contribution < 1.29 is 22.4 Å². The third-order valence-electron chi connectivity index (χ3n) is 4.24. The van der Waals surface area contributed by atoms with E-state index in [1.165, 1.54) is 23.9 Å². The molecule has 0 aliphatic rings. The highest BCUT2D eigenvalue weighted by Gasteiger charge is 2.33. The first-order chi connectivity index (χ1) is 13.7. The van der Waals surface area contributed by atoms with E-state index in [-0.39, 0.29) is 17.6 Å². The summed E-state index contributed by atoms with van der Waals surface area (Å²) in [6.45, 7) is 3.61. The van der Waals surface area contributed by atoms with Gasteiger partial charge in [0.2, 0.25) is 0 Å². The Morgan fingerprint density at radius 2 is 2.00 bits per heavy atom. The quantitative estimate of drug-likeness (QED) is 0.456. The van der Waals surface area contributed by atoms with Crippen molar-refractivity contribution in [2.45, 2.75) is 31.6 Å². The highest BCUT2D eigenvalue weighted by atomic mass is 32.2. The van der Waals surface area contributed by atoms with Crippen LogP contribution < -0.4 is 5.32 Å². The molecular weight excluding hydrogens is 406 g/mol. The summed E-state index contributed by atoms with van der Waals surface area (Å²) in [5.74, 6) is -0.259. The van der Waals surface area contributed by atoms with Gasteiger partial charge in [-0.25, -0.2) is 9.37 Å². The molecule has 3 aromatic rings. The van der Waals surface area contributed by atoms with Gasteiger partial charge >= 0.3 is 6.18 Å². The molecule has 0 aliphatic heterocycles. The lowest BCUT2D eigenvalue weighted by Gasteiger charge is -2.15. The number of hydrogen-bond acceptors (Lipinski definition) is 4. The summed E-state index contributed by atoms with van der Waals surface area (Å²) < 4.78 is 52.2. The molecule has 0 spiro atoms. The zero-order valence-corrected chi connectivity index (χ0v) is 16.4. The smallest absolute Gasteiger partial charge is 0.348 e. The van der Waals surface area contributed by atoms with Gasteiger partial charge in [0.1, 0.15) is 16.5 Å². The second-order valence-corrected chi connectivity index (χ2v) is 7.50. The molecule has 0 saturated heterocycles. The van der Waals surface area contributed by atoms with Gasteiger partial charge in [-0.1, -0.05) is 19.1 Å². The van der Waals surface area contributed by atoms with Gasteiger partial charge in [-0.3, -0.25) is 9.78 Å². The van der Waals surface area contributed by atoms with Crippen LogP contribution in [0, 0.1) is 12.7 Å². The van der Waals surface area contributed by atoms with Crippen LogP contribution in [0.15, 0.2) is 41.6 Å². The number of rotatable bonds is 5. The Morgan fingerprint density at radius 3 is 2.66 bits per heavy atom. The number of benzene rings is 1. The van der Waals surface area contributed by atoms with E-state index in [1.807, 2.05) is 6.92 Å². The molecule has 9 heteroatoms. The molecule has 2 heterocycles. The van der Waals surface area contributed by atoms with E-state index in [0.29, 0.717) is 27.3 Å². The summed E-state index contributed by atoms with van der Waals surface area (Å²) in [5, 5.41) is 3.43. The molecule has 0 fully saturated rings. The molecule has 1 N–H and O–H groups in total. The van der Waals surface area contributed by atoms with Crippen LogP contribution >= 0.6 is 11.8 Å². The Hall–Kier alpha value is -2.68. The average Bonchev–Trinajstić information content (AvgIpc) is 2.65. The Balaban J connectivity index is 2.00. The van der Waals surface area contributed by atoms with Crippen molar-refractivity contribution in [3.8, 4) is 0 Å². The van der Waals surface area contributed by atoms with Gasteiger partial charge in [0.25, 0.3) is 5.91 Å². The molecule has 1 aromatic carbocycles. The SMILES string of the molecule is CCSc1nc2cc(C(F)(F)F)ncc2c(C)c1C(=O)NCc1cccc(F)c1. The summed E-state index contributed by atoms with van der Waals surface area (Å²) in [6.07, 6.45) is -3.49. The molecule has 0 aliphatic carbocycles. The predicted octanol–water partition coefficient (Wildman–Crippen LogP) is 5.14. The molecular formula is C20H17F4N3OS. The number of nitrogens with one attached hydrogen (secondary N) is 1. The molecule has 0 saturated carbocycles. The number of carbonyl (C=O) groups is 1. The van der Waals surface area contributed by atoms with Crippen molar-refractivity contribution >= 4 is 28.6 Å². The number of alkyl halides is 3. The van der Waals surface area contributed by atoms with Gasteiger partial charge in [-0.2, -0.15) is 13.2 Å². The van der Waals surface area contributed by atoms with Crippen molar-refractivity contribution in [1.29, 1.82) is 0 Å². The topological polar surface area (TPSA) is 54.9 Å². The highest BCUT2D eigenvalue weighted by Crippen LogP contribution is 2.33. The summed E-state index contributed by atoms with van der Waals surface area (Å²) in [5.41, 5.74) is 0.451. The van der Waals surface area contributed by atoms with Gasteiger partial charge in [0.05, 0.1) is 11.1 Å². The number of amides is 1. The Kier molecular flexibility index (Phi) is 6.07. The van der Waals surface area contributed by atoms with Crippen LogP contribution in [0.4, 0.5) is 17.6 Å². The lowest BCUT2D eigenvalue weighted by atomic mass is 10.1. The van der Waals surface area contributed by atoms with Crippen molar-refractivity contribution in [2.24, 2.45) is 0 Å². The van der Waals surface area contributed by atoms with Crippen LogP contribution in [0.1, 0.15) is 34.1 Å². The summed E-state index contributed by atoms with van der Waals surface area (Å²) in [4.78, 5) is 20.6. The predicted molar refractivity (Wildman–Crippen MR) is 103 cm³/mol. The van der Waals surface area contributed by atoms with Crippen LogP contribution in [0.3, 0.4) is 0 Å². The van der Waals surface area contributed by atoms with Crippen LogP contribution in [0.5, 0.6) is 0 Å². The van der Waals surface area contributed by atoms with Crippen LogP contribution in [-0.2, 0) is 12.7 Å². The zero-order valence-electron chi connectivity index (χ0n) is 15.6. The van der Waals surface area contributed by atoms with Crippen molar-refractivity contribution in [2.75, 3.05) is 5.75 Å². The van der Waals surface area contributed by atoms with Crippen molar-refractivity contribution in [3.63, 3.8) is 0 Å². The number of carbonyl (C=O) groups excluding carboxylic acids is 1. The normalized spacial score (nSPS) is 11.7. The van der Waals surface area contributed by atoms with E-state index in [4.69, 9.17) is 0 Å². The number of nitrogens with zero attached hydrogens (tertiary/aromatic N) is 2. The molecule has 4 nitrogen and oxygen atoms in total. The molecule has 1 amide bonds. The number of aryl methyl sites for hydroxylation is 1. The van der Waals surface area contributed by atoms with E-state index in [9.17, 15) is 22.4 Å². The molecule has 2 aromatic heterocycles. The van der Waals surface area contributed by atoms with Crippen molar-refractivity contribution in [3.05, 3.63) is 64.7 Å². The maximum atomic E-state index is 13.3. The fourth-order valence-electron chi connectivity index (χ4n) is 2.87. The Bertz CT molecular complexity index is 1070. The Labute approximate surface area is 168 Å². The summed E-state index contributed by atoms with van der Waals surface area (Å²) >= 11 is 1.26. The number of halogens is 4. The number of aromatic nitrogens is 2. The van der Waals surface area contributed by atoms with E-state index >= 15 is 0 Å². The van der Waals surface area contributed by atoms with E-state index < -0.39 is 23.6 Å². The molecule has 3 rings (SSSR count). The third-order valence-corrected chi connectivity index (χ3v) is 5.10. The van der Waals surface area contributed by atoms with E-state index in [1.54, 1.807) is 19.1 Å². The number of pyridine rings is 2. The minimum absolute atomic E-state index is 0.107. The maximum absolute atomic E-state index is 13.3. The standard InChI is InChI=1S/C20H17F4N3OS/c1-3-29-19-17(18(28)26-9-12-5-4-6-13(21)7-12)11(2)14-10-25-16(20(22,23)24)8-15(14)27-19/h4-8,10H,3,9H2,1-2H3,(H,26,28). The average molecular weight is 423 g/mol. The number of fused-ring (bicyclic) bond motifs is 1. The van der Waals surface area contributed by atoms with Crippen LogP contribution in [0.25, 0.3) is 10.9 Å². The van der Waals surface area contributed by atoms with E-state index in [2.05, 4.69) is 15.3 Å². The highest BCUT2D eigenvalue weighted by molar-refractivity contribution is 7.99. The fourth-order valence-corrected chi connectivity index (χ4v) is 3.69. The van der Waals surface area contributed by atoms with Gasteiger partial charge in [-0.05, 0) is 42.0 Å². The maximum Gasteiger partial charge on any atom is 0.433 e. The number of thioether (sulfide) groups is 1. The summed E-state index contributed by atoms with van der Waals surface area (Å²) in [7, 11) is 0. The fraction of sp³-hybridized carbons (Fsp3) is 0.250. The van der Waals surface area contributed by atoms with E-state index in [0.717, 1.165) is 12.3 Å². The minimum atomic E-state index is -4.58. The second kappa shape index (κ2) is 8.36. The number of hydrogen-bond donors (Lipinski definition) is 1. The summed E-state index contributed by atoms with van der Waals surface area (Å²) in [6, 6.07) is 6.73. The molecule has 152 valence electrons. The zero-order chi connectivity index (χ0) is 21.2. The van der Waals surface area contributed by atoms with Crippen molar-refractivity contribution in [1.82, 2.24) is 15.3 Å². The van der Waals surface area contributed by atoms with Gasteiger partial charge in [-0.15, -0.1) is 11.8 Å². The second-order valence-electron chi connectivity index (χ2n) is 6.25. The molecule has 0 radical (unpaired) electrons. The lowest BCUT2D eigenvalue weighted by molar-refractivity contribution is -0.141. The Morgan fingerprint density at radius 1 is 1.24 bits per heavy atom. The first-order valence-corrected chi connectivity index (χ1v) is 9.72. The molecule has 29 heavy (non-hydrogen) atoms. The minimum Gasteiger partial charge on any atom is -0.348 e. The first kappa shape index (κ1) is 21.0. The van der Waals surface area contributed by atoms with Crippen LogP contribution in [0.2, 0.25) is 0 Å². The first-order valence-electron chi connectivity index (χ1n) is 8.73. The van der Waals surface area contributed by atoms with Gasteiger partial charge in [0.15, 0.2) is 0 Å². The van der Waals surface area contributed by atoms with Gasteiger partial charge in [0, 0.05) is 18.1 Å². The van der Waals surface area contributed by atoms with Gasteiger partial charge < -0.3 is 5.32 Å². The molecule has 0 unspecified atom stereocenters. The lowest BCUT2D eigenvalue weighted by Crippen LogP contribution is -2.25. The largest absolute Gasteiger partial charge is 0.433 e. The molecule has 0 bridgehead atoms. The van der Waals surface area contributed by atoms with Crippen LogP contribution in [-0.4, -0.2) is 21.6 Å². The third kappa shape index (κ3) is 4.67. The molecule has 0 atom stereocenters. The monoisotopic (exact) mass is 423 g/mol.